The van der Waals surface area contributed by atoms with E-state index >= 15 is 0 Å². The number of carbonyl (C=O) groups is 2. The minimum absolute atomic E-state index is 0.0461. The van der Waals surface area contributed by atoms with Crippen LogP contribution >= 0.6 is 0 Å². The molecule has 2 fully saturated rings. The van der Waals surface area contributed by atoms with Gasteiger partial charge in [0.25, 0.3) is 0 Å². The fraction of sp³-hybridized carbons (Fsp3) is 0.619. The first-order chi connectivity index (χ1) is 12.6. The number of nitrogens with one attached hydrogen (secondary N) is 1. The fourth-order valence-corrected chi connectivity index (χ4v) is 4.10. The van der Waals surface area contributed by atoms with Crippen LogP contribution in [0.25, 0.3) is 0 Å². The van der Waals surface area contributed by atoms with Gasteiger partial charge in [0, 0.05) is 17.5 Å². The van der Waals surface area contributed by atoms with Gasteiger partial charge in [-0.05, 0) is 70.0 Å². The molecule has 26 heavy (non-hydrogen) atoms. The molecule has 1 saturated heterocycles. The summed E-state index contributed by atoms with van der Waals surface area (Å²) in [6.07, 6.45) is 6.28. The number of ether oxygens (including phenoxy) is 1. The van der Waals surface area contributed by atoms with Gasteiger partial charge in [0.1, 0.15) is 5.75 Å². The number of ketones is 1. The molecular formula is C21H30N2O3. The molecule has 142 valence electrons. The van der Waals surface area contributed by atoms with Crippen LogP contribution in [0.3, 0.4) is 0 Å². The largest absolute Gasteiger partial charge is 0.497 e. The molecule has 1 atom stereocenters. The van der Waals surface area contributed by atoms with Crippen molar-refractivity contribution < 1.29 is 14.3 Å². The zero-order chi connectivity index (χ0) is 18.5. The SMILES string of the molecule is COc1ccc(C(=O)C2CCN([C@H](C)C(=O)NC3CCCC3)CC2)cc1. The Bertz CT molecular complexity index is 615. The van der Waals surface area contributed by atoms with Gasteiger partial charge in [0.2, 0.25) is 5.91 Å². The number of piperidine rings is 1. The Kier molecular flexibility index (Phi) is 6.30. The Balaban J connectivity index is 1.49. The highest BCUT2D eigenvalue weighted by atomic mass is 16.5. The lowest BCUT2D eigenvalue weighted by Gasteiger charge is -2.35. The van der Waals surface area contributed by atoms with Crippen LogP contribution < -0.4 is 10.1 Å². The quantitative estimate of drug-likeness (QED) is 0.794. The van der Waals surface area contributed by atoms with E-state index in [1.165, 1.54) is 12.8 Å². The molecule has 1 N–H and O–H groups in total. The van der Waals surface area contributed by atoms with Crippen LogP contribution in [0.1, 0.15) is 55.8 Å². The van der Waals surface area contributed by atoms with Crippen molar-refractivity contribution in [3.8, 4) is 5.75 Å². The van der Waals surface area contributed by atoms with E-state index in [-0.39, 0.29) is 23.7 Å². The summed E-state index contributed by atoms with van der Waals surface area (Å²) in [5, 5.41) is 3.19. The highest BCUT2D eigenvalue weighted by Crippen LogP contribution is 2.24. The molecule has 3 rings (SSSR count). The second-order valence-electron chi connectivity index (χ2n) is 7.57. The highest BCUT2D eigenvalue weighted by molar-refractivity contribution is 5.98. The molecule has 0 bridgehead atoms. The number of rotatable bonds is 6. The average molecular weight is 358 g/mol. The van der Waals surface area contributed by atoms with Crippen molar-refractivity contribution in [1.82, 2.24) is 10.2 Å². The van der Waals surface area contributed by atoms with Gasteiger partial charge in [-0.2, -0.15) is 0 Å². The molecule has 1 aliphatic carbocycles. The summed E-state index contributed by atoms with van der Waals surface area (Å²) in [7, 11) is 1.62. The third kappa shape index (κ3) is 4.44. The van der Waals surface area contributed by atoms with E-state index in [1.54, 1.807) is 7.11 Å². The Labute approximate surface area is 156 Å². The Hall–Kier alpha value is -1.88. The van der Waals surface area contributed by atoms with Gasteiger partial charge in [-0.3, -0.25) is 14.5 Å². The summed E-state index contributed by atoms with van der Waals surface area (Å²) in [4.78, 5) is 27.4. The highest BCUT2D eigenvalue weighted by Gasteiger charge is 2.31. The molecule has 1 heterocycles. The van der Waals surface area contributed by atoms with Crippen molar-refractivity contribution in [3.05, 3.63) is 29.8 Å². The molecule has 1 aromatic rings. The fourth-order valence-electron chi connectivity index (χ4n) is 4.10. The molecule has 2 aliphatic rings. The first-order valence-corrected chi connectivity index (χ1v) is 9.81. The predicted octanol–water partition coefficient (Wildman–Crippen LogP) is 3.04. The summed E-state index contributed by atoms with van der Waals surface area (Å²) in [5.74, 6) is 1.15. The maximum Gasteiger partial charge on any atom is 0.237 e. The number of hydrogen-bond acceptors (Lipinski definition) is 4. The number of benzene rings is 1. The van der Waals surface area contributed by atoms with Gasteiger partial charge in [0.05, 0.1) is 13.2 Å². The number of likely N-dealkylation sites (tertiary alicyclic amines) is 1. The van der Waals surface area contributed by atoms with Crippen molar-refractivity contribution >= 4 is 11.7 Å². The third-order valence-electron chi connectivity index (χ3n) is 5.90. The van der Waals surface area contributed by atoms with E-state index in [0.717, 1.165) is 50.1 Å². The lowest BCUT2D eigenvalue weighted by Crippen LogP contribution is -2.50. The van der Waals surface area contributed by atoms with Gasteiger partial charge in [-0.25, -0.2) is 0 Å². The van der Waals surface area contributed by atoms with Crippen molar-refractivity contribution in [2.24, 2.45) is 5.92 Å². The van der Waals surface area contributed by atoms with Crippen LogP contribution in [0.5, 0.6) is 5.75 Å². The zero-order valence-electron chi connectivity index (χ0n) is 15.9. The van der Waals surface area contributed by atoms with Gasteiger partial charge in [-0.1, -0.05) is 12.8 Å². The van der Waals surface area contributed by atoms with E-state index in [9.17, 15) is 9.59 Å². The minimum atomic E-state index is -0.118. The second kappa shape index (κ2) is 8.67. The molecule has 0 aromatic heterocycles. The second-order valence-corrected chi connectivity index (χ2v) is 7.57. The van der Waals surface area contributed by atoms with Crippen LogP contribution in [-0.2, 0) is 4.79 Å². The first-order valence-electron chi connectivity index (χ1n) is 9.81. The Morgan fingerprint density at radius 2 is 1.69 bits per heavy atom. The summed E-state index contributed by atoms with van der Waals surface area (Å²) >= 11 is 0. The van der Waals surface area contributed by atoms with E-state index in [0.29, 0.717) is 6.04 Å². The molecule has 5 nitrogen and oxygen atoms in total. The number of amides is 1. The summed E-state index contributed by atoms with van der Waals surface area (Å²) in [5.41, 5.74) is 0.747. The van der Waals surface area contributed by atoms with Crippen LogP contribution in [0.2, 0.25) is 0 Å². The van der Waals surface area contributed by atoms with Crippen LogP contribution in [0, 0.1) is 5.92 Å². The lowest BCUT2D eigenvalue weighted by molar-refractivity contribution is -0.127. The summed E-state index contributed by atoms with van der Waals surface area (Å²) < 4.78 is 5.15. The number of hydrogen-bond donors (Lipinski definition) is 1. The zero-order valence-corrected chi connectivity index (χ0v) is 15.9. The van der Waals surface area contributed by atoms with Crippen molar-refractivity contribution in [2.45, 2.75) is 57.5 Å². The van der Waals surface area contributed by atoms with Crippen molar-refractivity contribution in [1.29, 1.82) is 0 Å². The molecule has 1 aliphatic heterocycles. The number of nitrogens with zero attached hydrogens (tertiary/aromatic N) is 1. The Morgan fingerprint density at radius 1 is 1.08 bits per heavy atom. The van der Waals surface area contributed by atoms with Crippen LogP contribution in [0.4, 0.5) is 0 Å². The molecule has 1 aromatic carbocycles. The van der Waals surface area contributed by atoms with Crippen molar-refractivity contribution in [2.75, 3.05) is 20.2 Å². The lowest BCUT2D eigenvalue weighted by atomic mass is 9.88. The number of methoxy groups -OCH3 is 1. The minimum Gasteiger partial charge on any atom is -0.497 e. The monoisotopic (exact) mass is 358 g/mol. The standard InChI is InChI=1S/C21H30N2O3/c1-15(21(25)22-18-5-3-4-6-18)23-13-11-17(12-14-23)20(24)16-7-9-19(26-2)10-8-16/h7-10,15,17-18H,3-6,11-14H2,1-2H3,(H,22,25)/t15-/m1/s1. The third-order valence-corrected chi connectivity index (χ3v) is 5.90. The van der Waals surface area contributed by atoms with Gasteiger partial charge >= 0.3 is 0 Å². The maximum absolute atomic E-state index is 12.7. The van der Waals surface area contributed by atoms with Gasteiger partial charge in [0.15, 0.2) is 5.78 Å². The van der Waals surface area contributed by atoms with E-state index in [1.807, 2.05) is 31.2 Å². The summed E-state index contributed by atoms with van der Waals surface area (Å²) in [6.45, 7) is 3.58. The molecule has 0 unspecified atom stereocenters. The van der Waals surface area contributed by atoms with E-state index in [2.05, 4.69) is 10.2 Å². The topological polar surface area (TPSA) is 58.6 Å². The predicted molar refractivity (Wildman–Crippen MR) is 101 cm³/mol. The van der Waals surface area contributed by atoms with E-state index < -0.39 is 0 Å². The molecule has 0 spiro atoms. The smallest absolute Gasteiger partial charge is 0.237 e. The Morgan fingerprint density at radius 3 is 2.27 bits per heavy atom. The molecule has 0 radical (unpaired) electrons. The molecular weight excluding hydrogens is 328 g/mol. The molecule has 1 amide bonds. The number of carbonyl (C=O) groups excluding carboxylic acids is 2. The molecule has 5 heteroatoms. The average Bonchev–Trinajstić information content (AvgIpc) is 3.20. The van der Waals surface area contributed by atoms with Gasteiger partial charge < -0.3 is 10.1 Å². The normalized spacial score (nSPS) is 20.7. The van der Waals surface area contributed by atoms with E-state index in [4.69, 9.17) is 4.74 Å². The first kappa shape index (κ1) is 18.9. The maximum atomic E-state index is 12.7. The van der Waals surface area contributed by atoms with Gasteiger partial charge in [-0.15, -0.1) is 0 Å². The van der Waals surface area contributed by atoms with Crippen LogP contribution in [0.15, 0.2) is 24.3 Å². The van der Waals surface area contributed by atoms with Crippen LogP contribution in [-0.4, -0.2) is 48.9 Å². The summed E-state index contributed by atoms with van der Waals surface area (Å²) in [6, 6.07) is 7.58. The molecule has 1 saturated carbocycles. The van der Waals surface area contributed by atoms with Crippen molar-refractivity contribution in [3.63, 3.8) is 0 Å². The number of Topliss-reactive ketones (excluding diaryl/α,β-unsaturated/α-hetero) is 1.